The molecule has 4 heterocycles. The molecule has 0 N–H and O–H groups in total. The van der Waals surface area contributed by atoms with Crippen molar-refractivity contribution < 1.29 is 31.8 Å². The number of amides is 1. The Kier molecular flexibility index (Phi) is 7.62. The van der Waals surface area contributed by atoms with Crippen molar-refractivity contribution in [3.8, 4) is 6.01 Å². The van der Waals surface area contributed by atoms with E-state index in [1.54, 1.807) is 25.7 Å². The van der Waals surface area contributed by atoms with Gasteiger partial charge < -0.3 is 19.3 Å². The van der Waals surface area contributed by atoms with Crippen LogP contribution in [0, 0.1) is 11.2 Å². The maximum absolute atomic E-state index is 15.5. The van der Waals surface area contributed by atoms with Crippen LogP contribution in [0.3, 0.4) is 0 Å². The van der Waals surface area contributed by atoms with Crippen LogP contribution in [0.25, 0.3) is 10.9 Å². The Balaban J connectivity index is 1.48. The second-order valence-electron chi connectivity index (χ2n) is 13.1. The van der Waals surface area contributed by atoms with Crippen LogP contribution in [0.15, 0.2) is 10.5 Å². The van der Waals surface area contributed by atoms with Gasteiger partial charge in [-0.25, -0.2) is 9.18 Å². The molecule has 1 aromatic carbocycles. The quantitative estimate of drug-likeness (QED) is 0.364. The monoisotopic (exact) mass is 645 g/mol. The third-order valence-corrected chi connectivity index (χ3v) is 8.78. The van der Waals surface area contributed by atoms with Gasteiger partial charge >= 0.3 is 18.3 Å². The van der Waals surface area contributed by atoms with Gasteiger partial charge in [-0.05, 0) is 74.0 Å². The number of ether oxygens (including phenoxy) is 2. The number of anilines is 1. The standard InChI is InChI=1S/C28H36BrF4N5O3/c1-25(2,3)41-24(39)37-11-9-36(10-12-37)22-17-13-18(28(31,32)33)19(29)20(30)21(17)34-23(35-22)40-16-27-7-6-8-38(27)15-26(4,5)14-27/h13H,6-12,14-16H2,1-5H3. The van der Waals surface area contributed by atoms with E-state index in [0.29, 0.717) is 6.61 Å². The minimum Gasteiger partial charge on any atom is -0.461 e. The third kappa shape index (κ3) is 6.07. The Bertz CT molecular complexity index is 1340. The maximum Gasteiger partial charge on any atom is 0.417 e. The lowest BCUT2D eigenvalue weighted by atomic mass is 9.83. The fraction of sp³-hybridized carbons (Fsp3) is 0.679. The molecule has 3 aliphatic heterocycles. The molecule has 0 aliphatic carbocycles. The SMILES string of the molecule is CC1(C)CN2CCCC2(COc2nc(N3CCN(C(=O)OC(C)(C)C)CC3)c3cc(C(F)(F)F)c(Br)c(F)c3n2)C1. The molecule has 3 fully saturated rings. The number of carbonyl (C=O) groups is 1. The summed E-state index contributed by atoms with van der Waals surface area (Å²) >= 11 is 2.80. The van der Waals surface area contributed by atoms with Crippen molar-refractivity contribution in [3.05, 3.63) is 21.9 Å². The van der Waals surface area contributed by atoms with E-state index in [2.05, 4.69) is 44.6 Å². The lowest BCUT2D eigenvalue weighted by Crippen LogP contribution is -2.50. The second-order valence-corrected chi connectivity index (χ2v) is 13.9. The first-order valence-corrected chi connectivity index (χ1v) is 14.7. The molecule has 8 nitrogen and oxygen atoms in total. The van der Waals surface area contributed by atoms with Crippen molar-refractivity contribution in [2.24, 2.45) is 5.41 Å². The third-order valence-electron chi connectivity index (χ3n) is 8.00. The number of halogens is 5. The molecule has 0 bridgehead atoms. The van der Waals surface area contributed by atoms with Crippen LogP contribution in [-0.4, -0.2) is 82.9 Å². The molecule has 0 saturated carbocycles. The number of nitrogens with zero attached hydrogens (tertiary/aromatic N) is 5. The molecule has 41 heavy (non-hydrogen) atoms. The fourth-order valence-electron chi connectivity index (χ4n) is 6.42. The van der Waals surface area contributed by atoms with Gasteiger partial charge in [0.05, 0.1) is 15.6 Å². The molecule has 0 spiro atoms. The van der Waals surface area contributed by atoms with Crippen LogP contribution in [-0.2, 0) is 10.9 Å². The second kappa shape index (κ2) is 10.4. The lowest BCUT2D eigenvalue weighted by molar-refractivity contribution is -0.138. The van der Waals surface area contributed by atoms with Gasteiger partial charge in [0.2, 0.25) is 0 Å². The normalized spacial score (nSPS) is 23.3. The summed E-state index contributed by atoms with van der Waals surface area (Å²) in [5.74, 6) is -0.989. The predicted molar refractivity (Wildman–Crippen MR) is 150 cm³/mol. The molecule has 3 saturated heterocycles. The van der Waals surface area contributed by atoms with Gasteiger partial charge in [-0.15, -0.1) is 0 Å². The Morgan fingerprint density at radius 2 is 1.78 bits per heavy atom. The molecule has 3 aliphatic rings. The highest BCUT2D eigenvalue weighted by Crippen LogP contribution is 2.47. The largest absolute Gasteiger partial charge is 0.461 e. The molecule has 13 heteroatoms. The number of hydrogen-bond acceptors (Lipinski definition) is 7. The minimum atomic E-state index is -4.80. The zero-order chi connectivity index (χ0) is 30.0. The summed E-state index contributed by atoms with van der Waals surface area (Å²) in [5.41, 5.74) is -2.13. The predicted octanol–water partition coefficient (Wildman–Crippen LogP) is 6.25. The minimum absolute atomic E-state index is 0.0706. The van der Waals surface area contributed by atoms with E-state index >= 15 is 4.39 Å². The number of hydrogen-bond donors (Lipinski definition) is 0. The van der Waals surface area contributed by atoms with E-state index in [9.17, 15) is 18.0 Å². The smallest absolute Gasteiger partial charge is 0.417 e. The van der Waals surface area contributed by atoms with Crippen LogP contribution in [0.5, 0.6) is 6.01 Å². The van der Waals surface area contributed by atoms with Crippen molar-refractivity contribution in [3.63, 3.8) is 0 Å². The Hall–Kier alpha value is -2.41. The van der Waals surface area contributed by atoms with Gasteiger partial charge in [-0.1, -0.05) is 13.8 Å². The Morgan fingerprint density at radius 3 is 2.41 bits per heavy atom. The Labute approximate surface area is 245 Å². The molecule has 226 valence electrons. The van der Waals surface area contributed by atoms with Crippen molar-refractivity contribution >= 4 is 38.7 Å². The zero-order valence-corrected chi connectivity index (χ0v) is 25.6. The summed E-state index contributed by atoms with van der Waals surface area (Å²) in [5, 5.41) is -0.0706. The first kappa shape index (κ1) is 30.1. The number of fused-ring (bicyclic) bond motifs is 2. The van der Waals surface area contributed by atoms with Gasteiger partial charge in [0, 0.05) is 38.1 Å². The number of alkyl halides is 3. The molecule has 2 aromatic rings. The number of aromatic nitrogens is 2. The topological polar surface area (TPSA) is 71.0 Å². The number of benzene rings is 1. The lowest BCUT2D eigenvalue weighted by Gasteiger charge is -2.36. The summed E-state index contributed by atoms with van der Waals surface area (Å²) in [6.45, 7) is 13.0. The van der Waals surface area contributed by atoms with Gasteiger partial charge in [-0.2, -0.15) is 23.1 Å². The van der Waals surface area contributed by atoms with Crippen molar-refractivity contribution in [2.45, 2.75) is 71.2 Å². The fourth-order valence-corrected chi connectivity index (χ4v) is 6.95. The van der Waals surface area contributed by atoms with Crippen LogP contribution in [0.1, 0.15) is 59.4 Å². The molecule has 0 radical (unpaired) electrons. The molecule has 1 amide bonds. The van der Waals surface area contributed by atoms with Gasteiger partial charge in [0.1, 0.15) is 23.5 Å². The molecule has 1 atom stereocenters. The van der Waals surface area contributed by atoms with E-state index in [1.165, 1.54) is 4.90 Å². The van der Waals surface area contributed by atoms with Crippen LogP contribution >= 0.6 is 15.9 Å². The van der Waals surface area contributed by atoms with Crippen LogP contribution < -0.4 is 9.64 Å². The van der Waals surface area contributed by atoms with Gasteiger partial charge in [0.15, 0.2) is 5.82 Å². The summed E-state index contributed by atoms with van der Waals surface area (Å²) < 4.78 is 67.9. The number of rotatable bonds is 4. The summed E-state index contributed by atoms with van der Waals surface area (Å²) in [7, 11) is 0. The first-order valence-electron chi connectivity index (χ1n) is 13.9. The number of carbonyl (C=O) groups excluding carboxylic acids is 1. The highest BCUT2D eigenvalue weighted by molar-refractivity contribution is 9.10. The maximum atomic E-state index is 15.5. The van der Waals surface area contributed by atoms with E-state index in [1.807, 2.05) is 0 Å². The molecule has 1 aromatic heterocycles. The average molecular weight is 647 g/mol. The van der Waals surface area contributed by atoms with Gasteiger partial charge in [-0.3, -0.25) is 4.90 Å². The van der Waals surface area contributed by atoms with E-state index in [4.69, 9.17) is 9.47 Å². The summed E-state index contributed by atoms with van der Waals surface area (Å²) in [6, 6.07) is 0.789. The van der Waals surface area contributed by atoms with Crippen molar-refractivity contribution in [1.82, 2.24) is 19.8 Å². The summed E-state index contributed by atoms with van der Waals surface area (Å²) in [6.07, 6.45) is -2.33. The molecule has 1 unspecified atom stereocenters. The molecular weight excluding hydrogens is 610 g/mol. The van der Waals surface area contributed by atoms with E-state index in [-0.39, 0.29) is 59.9 Å². The van der Waals surface area contributed by atoms with E-state index < -0.39 is 33.7 Å². The Morgan fingerprint density at radius 1 is 1.10 bits per heavy atom. The van der Waals surface area contributed by atoms with Crippen molar-refractivity contribution in [1.29, 1.82) is 0 Å². The molecular formula is C28H36BrF4N5O3. The highest BCUT2D eigenvalue weighted by atomic mass is 79.9. The zero-order valence-electron chi connectivity index (χ0n) is 24.0. The first-order chi connectivity index (χ1) is 19.0. The highest BCUT2D eigenvalue weighted by Gasteiger charge is 2.52. The number of piperazine rings is 1. The van der Waals surface area contributed by atoms with Crippen molar-refractivity contribution in [2.75, 3.05) is 50.8 Å². The molecule has 5 rings (SSSR count). The van der Waals surface area contributed by atoms with Gasteiger partial charge in [0.25, 0.3) is 0 Å². The average Bonchev–Trinajstić information content (AvgIpc) is 3.35. The van der Waals surface area contributed by atoms with Crippen LogP contribution in [0.2, 0.25) is 0 Å². The summed E-state index contributed by atoms with van der Waals surface area (Å²) in [4.78, 5) is 27.1. The van der Waals surface area contributed by atoms with Crippen LogP contribution in [0.4, 0.5) is 28.2 Å². The van der Waals surface area contributed by atoms with E-state index in [0.717, 1.165) is 38.4 Å².